The van der Waals surface area contributed by atoms with Crippen molar-refractivity contribution < 1.29 is 0 Å². The lowest BCUT2D eigenvalue weighted by Gasteiger charge is -2.13. The zero-order chi connectivity index (χ0) is 26.0. The van der Waals surface area contributed by atoms with Gasteiger partial charge in [0.25, 0.3) is 0 Å². The van der Waals surface area contributed by atoms with E-state index in [9.17, 15) is 0 Å². The van der Waals surface area contributed by atoms with Crippen LogP contribution in [0.5, 0.6) is 0 Å². The van der Waals surface area contributed by atoms with Gasteiger partial charge in [-0.1, -0.05) is 86.3 Å². The van der Waals surface area contributed by atoms with Crippen molar-refractivity contribution in [1.29, 1.82) is 0 Å². The summed E-state index contributed by atoms with van der Waals surface area (Å²) in [7, 11) is 0. The number of benzene rings is 4. The van der Waals surface area contributed by atoms with Gasteiger partial charge in [0.15, 0.2) is 0 Å². The molecule has 0 spiro atoms. The van der Waals surface area contributed by atoms with Crippen molar-refractivity contribution in [2.75, 3.05) is 0 Å². The first kappa shape index (κ1) is 24.5. The molecule has 39 heavy (non-hydrogen) atoms. The summed E-state index contributed by atoms with van der Waals surface area (Å²) < 4.78 is 2.61. The number of hydrogen-bond donors (Lipinski definition) is 0. The van der Waals surface area contributed by atoms with Crippen LogP contribution in [0.1, 0.15) is 85.5 Å². The highest BCUT2D eigenvalue weighted by molar-refractivity contribution is 7.25. The zero-order valence-electron chi connectivity index (χ0n) is 22.4. The number of fused-ring (bicyclic) bond motifs is 3. The second kappa shape index (κ2) is 10.9. The molecule has 194 valence electrons. The standard InChI is InChI=1S/C36H34N2S/c1-2-12-25(11-1)28-15-5-8-18-32(28)37-23-27-21-22-35-36(30-17-7-10-20-34(30)39-35)31(27)24-38-33-19-9-6-16-29(33)26-13-3-4-14-26/h5-10,15-26H,1-4,11-14H2. The van der Waals surface area contributed by atoms with E-state index in [0.717, 1.165) is 22.5 Å². The van der Waals surface area contributed by atoms with Crippen molar-refractivity contribution in [3.63, 3.8) is 0 Å². The Hall–Kier alpha value is -3.56. The smallest absolute Gasteiger partial charge is 0.0664 e. The monoisotopic (exact) mass is 526 g/mol. The third-order valence-electron chi connectivity index (χ3n) is 8.76. The Bertz CT molecular complexity index is 1680. The molecular weight excluding hydrogens is 492 g/mol. The van der Waals surface area contributed by atoms with Crippen molar-refractivity contribution in [2.24, 2.45) is 9.98 Å². The molecule has 0 atom stereocenters. The van der Waals surface area contributed by atoms with E-state index in [1.807, 2.05) is 11.3 Å². The van der Waals surface area contributed by atoms with Gasteiger partial charge in [0.2, 0.25) is 0 Å². The molecule has 1 aromatic heterocycles. The summed E-state index contributed by atoms with van der Waals surface area (Å²) >= 11 is 1.86. The number of nitrogens with zero attached hydrogens (tertiary/aromatic N) is 2. The number of rotatable bonds is 6. The van der Waals surface area contributed by atoms with Crippen molar-refractivity contribution >= 4 is 55.3 Å². The number of aliphatic imine (C=N–C) groups is 2. The molecule has 2 saturated carbocycles. The molecule has 0 unspecified atom stereocenters. The Morgan fingerprint density at radius 1 is 0.564 bits per heavy atom. The molecule has 0 aliphatic heterocycles. The van der Waals surface area contributed by atoms with E-state index in [4.69, 9.17) is 9.98 Å². The highest BCUT2D eigenvalue weighted by atomic mass is 32.1. The Balaban J connectivity index is 1.35. The summed E-state index contributed by atoms with van der Waals surface area (Å²) in [6.45, 7) is 0. The third-order valence-corrected chi connectivity index (χ3v) is 9.89. The second-order valence-corrected chi connectivity index (χ2v) is 12.2. The molecule has 4 aromatic carbocycles. The van der Waals surface area contributed by atoms with Crippen LogP contribution in [0.2, 0.25) is 0 Å². The van der Waals surface area contributed by atoms with Gasteiger partial charge in [-0.3, -0.25) is 9.98 Å². The second-order valence-electron chi connectivity index (χ2n) is 11.1. The zero-order valence-corrected chi connectivity index (χ0v) is 23.2. The summed E-state index contributed by atoms with van der Waals surface area (Å²) in [5.74, 6) is 1.26. The van der Waals surface area contributed by atoms with E-state index in [0.29, 0.717) is 11.8 Å². The summed E-state index contributed by atoms with van der Waals surface area (Å²) in [6.07, 6.45) is 14.6. The minimum Gasteiger partial charge on any atom is -0.256 e. The van der Waals surface area contributed by atoms with Gasteiger partial charge in [-0.25, -0.2) is 0 Å². The fourth-order valence-electron chi connectivity index (χ4n) is 6.76. The van der Waals surface area contributed by atoms with Gasteiger partial charge in [-0.05, 0) is 72.9 Å². The van der Waals surface area contributed by atoms with Gasteiger partial charge in [-0.2, -0.15) is 0 Å². The fourth-order valence-corrected chi connectivity index (χ4v) is 7.88. The molecule has 2 aliphatic carbocycles. The third kappa shape index (κ3) is 4.85. The molecule has 3 heteroatoms. The number of para-hydroxylation sites is 2. The van der Waals surface area contributed by atoms with Crippen molar-refractivity contribution in [3.05, 3.63) is 107 Å². The van der Waals surface area contributed by atoms with Gasteiger partial charge in [0.1, 0.15) is 0 Å². The van der Waals surface area contributed by atoms with Crippen LogP contribution < -0.4 is 0 Å². The fraction of sp³-hybridized carbons (Fsp3) is 0.278. The molecule has 1 heterocycles. The molecule has 2 aliphatic rings. The van der Waals surface area contributed by atoms with Gasteiger partial charge in [0, 0.05) is 43.7 Å². The van der Waals surface area contributed by atoms with Gasteiger partial charge >= 0.3 is 0 Å². The Labute approximate surface area is 235 Å². The normalized spacial score (nSPS) is 17.0. The van der Waals surface area contributed by atoms with E-state index in [2.05, 4.69) is 97.4 Å². The average molecular weight is 527 g/mol. The van der Waals surface area contributed by atoms with E-state index < -0.39 is 0 Å². The van der Waals surface area contributed by atoms with E-state index in [1.54, 1.807) is 0 Å². The maximum absolute atomic E-state index is 5.17. The van der Waals surface area contributed by atoms with Crippen LogP contribution in [-0.2, 0) is 0 Å². The molecule has 7 rings (SSSR count). The predicted octanol–water partition coefficient (Wildman–Crippen LogP) is 10.9. The summed E-state index contributed by atoms with van der Waals surface area (Å²) in [4.78, 5) is 10.3. The lowest BCUT2D eigenvalue weighted by Crippen LogP contribution is -1.96. The van der Waals surface area contributed by atoms with Crippen LogP contribution >= 0.6 is 11.3 Å². The molecule has 2 fully saturated rings. The van der Waals surface area contributed by atoms with E-state index >= 15 is 0 Å². The Morgan fingerprint density at radius 3 is 1.79 bits per heavy atom. The lowest BCUT2D eigenvalue weighted by atomic mass is 9.96. The maximum Gasteiger partial charge on any atom is 0.0664 e. The molecule has 0 saturated heterocycles. The van der Waals surface area contributed by atoms with Crippen molar-refractivity contribution in [1.82, 2.24) is 0 Å². The first-order valence-electron chi connectivity index (χ1n) is 14.6. The van der Waals surface area contributed by atoms with Crippen LogP contribution in [-0.4, -0.2) is 12.4 Å². The van der Waals surface area contributed by atoms with Crippen LogP contribution in [0.15, 0.2) is 94.9 Å². The van der Waals surface area contributed by atoms with Gasteiger partial charge in [0.05, 0.1) is 11.4 Å². The molecule has 0 amide bonds. The molecule has 0 radical (unpaired) electrons. The average Bonchev–Trinajstić information content (AvgIpc) is 3.77. The van der Waals surface area contributed by atoms with Crippen LogP contribution in [0, 0.1) is 0 Å². The highest BCUT2D eigenvalue weighted by Crippen LogP contribution is 2.41. The highest BCUT2D eigenvalue weighted by Gasteiger charge is 2.21. The number of thiophene rings is 1. The van der Waals surface area contributed by atoms with Gasteiger partial charge in [-0.15, -0.1) is 11.3 Å². The van der Waals surface area contributed by atoms with Crippen LogP contribution in [0.25, 0.3) is 20.2 Å². The lowest BCUT2D eigenvalue weighted by molar-refractivity contribution is 0.724. The number of hydrogen-bond acceptors (Lipinski definition) is 3. The molecular formula is C36H34N2S. The summed E-state index contributed by atoms with van der Waals surface area (Å²) in [5, 5.41) is 2.58. The van der Waals surface area contributed by atoms with Crippen LogP contribution in [0.3, 0.4) is 0 Å². The SMILES string of the molecule is C(=Nc1ccccc1C1CCCC1)c1ccc2sc3ccccc3c2c1C=Nc1ccccc1C1CCCC1. The summed E-state index contributed by atoms with van der Waals surface area (Å²) in [6, 6.07) is 30.7. The first-order chi connectivity index (χ1) is 19.3. The van der Waals surface area contributed by atoms with Crippen molar-refractivity contribution in [2.45, 2.75) is 63.2 Å². The molecule has 0 bridgehead atoms. The molecule has 5 aromatic rings. The van der Waals surface area contributed by atoms with Crippen LogP contribution in [0.4, 0.5) is 11.4 Å². The predicted molar refractivity (Wildman–Crippen MR) is 169 cm³/mol. The van der Waals surface area contributed by atoms with Gasteiger partial charge < -0.3 is 0 Å². The van der Waals surface area contributed by atoms with E-state index in [1.165, 1.54) is 82.7 Å². The minimum atomic E-state index is 0.629. The maximum atomic E-state index is 5.17. The molecule has 0 N–H and O–H groups in total. The Kier molecular flexibility index (Phi) is 6.84. The first-order valence-corrected chi connectivity index (χ1v) is 15.4. The summed E-state index contributed by atoms with van der Waals surface area (Å²) in [5.41, 5.74) is 7.29. The molecule has 2 nitrogen and oxygen atoms in total. The van der Waals surface area contributed by atoms with E-state index in [-0.39, 0.29) is 0 Å². The quantitative estimate of drug-likeness (QED) is 0.197. The van der Waals surface area contributed by atoms with Crippen molar-refractivity contribution in [3.8, 4) is 0 Å². The Morgan fingerprint density at radius 2 is 1.13 bits per heavy atom. The topological polar surface area (TPSA) is 24.7 Å². The minimum absolute atomic E-state index is 0.629. The largest absolute Gasteiger partial charge is 0.256 e.